The van der Waals surface area contributed by atoms with E-state index < -0.39 is 10.0 Å². The molecule has 0 atom stereocenters. The molecule has 1 fully saturated rings. The van der Waals surface area contributed by atoms with E-state index in [0.717, 1.165) is 61.6 Å². The number of likely N-dealkylation sites (tertiary alicyclic amines) is 1. The molecule has 1 aliphatic rings. The smallest absolute Gasteiger partial charge is 0.264 e. The van der Waals surface area contributed by atoms with Gasteiger partial charge in [-0.15, -0.1) is 0 Å². The van der Waals surface area contributed by atoms with Crippen molar-refractivity contribution in [1.82, 2.24) is 4.90 Å². The fraction of sp³-hybridized carbons (Fsp3) is 0.357. The summed E-state index contributed by atoms with van der Waals surface area (Å²) in [6.45, 7) is 4.44. The van der Waals surface area contributed by atoms with Gasteiger partial charge in [0.25, 0.3) is 10.0 Å². The summed E-state index contributed by atoms with van der Waals surface area (Å²) in [4.78, 5) is 2.68. The first-order valence-corrected chi connectivity index (χ1v) is 13.5. The largest absolute Gasteiger partial charge is 0.497 e. The van der Waals surface area contributed by atoms with Crippen LogP contribution in [0, 0.1) is 0 Å². The number of aryl methyl sites for hydroxylation is 1. The molecular weight excluding hydrogens is 460 g/mol. The minimum atomic E-state index is -3.69. The maximum atomic E-state index is 13.8. The van der Waals surface area contributed by atoms with E-state index in [9.17, 15) is 8.42 Å². The van der Waals surface area contributed by atoms with Gasteiger partial charge in [-0.05, 0) is 55.2 Å². The Morgan fingerprint density at radius 1 is 0.914 bits per heavy atom. The maximum Gasteiger partial charge on any atom is 0.264 e. The summed E-state index contributed by atoms with van der Waals surface area (Å²) in [5.74, 6) is 1.57. The monoisotopic (exact) mass is 494 g/mol. The highest BCUT2D eigenvalue weighted by atomic mass is 32.2. The van der Waals surface area contributed by atoms with Crippen LogP contribution in [0.1, 0.15) is 30.9 Å². The van der Waals surface area contributed by atoms with Crippen LogP contribution in [0.15, 0.2) is 77.7 Å². The number of ether oxygens (including phenoxy) is 2. The molecule has 0 saturated carbocycles. The van der Waals surface area contributed by atoms with E-state index >= 15 is 0 Å². The quantitative estimate of drug-likeness (QED) is 0.413. The van der Waals surface area contributed by atoms with Crippen LogP contribution in [0.25, 0.3) is 0 Å². The number of hydrogen-bond acceptors (Lipinski definition) is 5. The molecule has 4 rings (SSSR count). The number of hydrogen-bond donors (Lipinski definition) is 0. The first-order valence-electron chi connectivity index (χ1n) is 12.1. The van der Waals surface area contributed by atoms with Gasteiger partial charge in [-0.3, -0.25) is 9.21 Å². The normalized spacial score (nSPS) is 15.1. The lowest BCUT2D eigenvalue weighted by atomic mass is 10.0. The van der Waals surface area contributed by atoms with Gasteiger partial charge in [0.15, 0.2) is 0 Å². The first-order chi connectivity index (χ1) is 17.0. The van der Waals surface area contributed by atoms with Gasteiger partial charge in [0.1, 0.15) is 11.5 Å². The van der Waals surface area contributed by atoms with Crippen molar-refractivity contribution in [1.29, 1.82) is 0 Å². The van der Waals surface area contributed by atoms with Crippen LogP contribution in [0.5, 0.6) is 11.5 Å². The predicted octanol–water partition coefficient (Wildman–Crippen LogP) is 5.13. The van der Waals surface area contributed by atoms with Crippen molar-refractivity contribution < 1.29 is 17.9 Å². The molecule has 3 aromatic rings. The minimum Gasteiger partial charge on any atom is -0.497 e. The van der Waals surface area contributed by atoms with Crippen LogP contribution >= 0.6 is 0 Å². The summed E-state index contributed by atoms with van der Waals surface area (Å²) in [6.07, 6.45) is 2.42. The Kier molecular flexibility index (Phi) is 7.98. The van der Waals surface area contributed by atoms with E-state index in [1.807, 2.05) is 48.5 Å². The van der Waals surface area contributed by atoms with Crippen LogP contribution in [0.3, 0.4) is 0 Å². The fourth-order valence-corrected chi connectivity index (χ4v) is 6.40. The topological polar surface area (TPSA) is 59.1 Å². The SMILES string of the molecule is CCc1ccc(N(C2CCN(Cc3ccc(OC)cc3OC)CC2)S(=O)(=O)c2ccccc2)cc1. The van der Waals surface area contributed by atoms with Gasteiger partial charge in [-0.2, -0.15) is 0 Å². The van der Waals surface area contributed by atoms with Gasteiger partial charge in [-0.25, -0.2) is 8.42 Å². The Hall–Kier alpha value is -3.03. The number of nitrogens with zero attached hydrogens (tertiary/aromatic N) is 2. The van der Waals surface area contributed by atoms with E-state index in [0.29, 0.717) is 4.90 Å². The van der Waals surface area contributed by atoms with Crippen molar-refractivity contribution in [2.75, 3.05) is 31.6 Å². The molecule has 1 saturated heterocycles. The van der Waals surface area contributed by atoms with Crippen molar-refractivity contribution in [2.45, 2.75) is 43.7 Å². The van der Waals surface area contributed by atoms with Crippen molar-refractivity contribution in [3.63, 3.8) is 0 Å². The zero-order valence-electron chi connectivity index (χ0n) is 20.7. The molecule has 186 valence electrons. The molecule has 0 spiro atoms. The number of methoxy groups -OCH3 is 2. The molecule has 35 heavy (non-hydrogen) atoms. The molecular formula is C28H34N2O4S. The molecule has 0 radical (unpaired) electrons. The van der Waals surface area contributed by atoms with Crippen molar-refractivity contribution in [3.05, 3.63) is 83.9 Å². The predicted molar refractivity (Wildman–Crippen MR) is 140 cm³/mol. The van der Waals surface area contributed by atoms with Crippen LogP contribution in [-0.4, -0.2) is 46.7 Å². The van der Waals surface area contributed by atoms with E-state index in [1.54, 1.807) is 42.8 Å². The molecule has 0 aromatic heterocycles. The zero-order chi connectivity index (χ0) is 24.8. The van der Waals surface area contributed by atoms with E-state index in [-0.39, 0.29) is 6.04 Å². The molecule has 3 aromatic carbocycles. The third-order valence-electron chi connectivity index (χ3n) is 6.68. The molecule has 0 bridgehead atoms. The van der Waals surface area contributed by atoms with E-state index in [2.05, 4.69) is 11.8 Å². The lowest BCUT2D eigenvalue weighted by Gasteiger charge is -2.39. The Bertz CT molecular complexity index is 1210. The lowest BCUT2D eigenvalue weighted by Crippen LogP contribution is -2.47. The molecule has 0 aliphatic carbocycles. The molecule has 0 unspecified atom stereocenters. The average Bonchev–Trinajstić information content (AvgIpc) is 2.91. The second-order valence-corrected chi connectivity index (χ2v) is 10.6. The minimum absolute atomic E-state index is 0.110. The van der Waals surface area contributed by atoms with Crippen LogP contribution in [0.4, 0.5) is 5.69 Å². The summed E-state index contributed by atoms with van der Waals surface area (Å²) in [5, 5.41) is 0. The van der Waals surface area contributed by atoms with Crippen molar-refractivity contribution in [3.8, 4) is 11.5 Å². The average molecular weight is 495 g/mol. The third kappa shape index (κ3) is 5.63. The Morgan fingerprint density at radius 3 is 2.20 bits per heavy atom. The third-order valence-corrected chi connectivity index (χ3v) is 8.57. The van der Waals surface area contributed by atoms with Gasteiger partial charge in [0.05, 0.1) is 24.8 Å². The molecule has 0 amide bonds. The molecule has 0 N–H and O–H groups in total. The van der Waals surface area contributed by atoms with E-state index in [4.69, 9.17) is 9.47 Å². The number of benzene rings is 3. The van der Waals surface area contributed by atoms with Gasteiger partial charge in [-0.1, -0.05) is 43.3 Å². The summed E-state index contributed by atoms with van der Waals surface area (Å²) in [7, 11) is -0.377. The number of anilines is 1. The van der Waals surface area contributed by atoms with Crippen LogP contribution in [-0.2, 0) is 23.0 Å². The van der Waals surface area contributed by atoms with Gasteiger partial charge in [0, 0.05) is 37.3 Å². The van der Waals surface area contributed by atoms with Crippen molar-refractivity contribution in [2.24, 2.45) is 0 Å². The Labute approximate surface area is 209 Å². The second-order valence-electron chi connectivity index (χ2n) is 8.82. The van der Waals surface area contributed by atoms with Crippen LogP contribution < -0.4 is 13.8 Å². The lowest BCUT2D eigenvalue weighted by molar-refractivity contribution is 0.204. The molecule has 6 nitrogen and oxygen atoms in total. The highest BCUT2D eigenvalue weighted by molar-refractivity contribution is 7.92. The Balaban J connectivity index is 1.55. The maximum absolute atomic E-state index is 13.8. The molecule has 7 heteroatoms. The zero-order valence-corrected chi connectivity index (χ0v) is 21.5. The summed E-state index contributed by atoms with van der Waals surface area (Å²) < 4.78 is 40.1. The van der Waals surface area contributed by atoms with Gasteiger partial charge in [0.2, 0.25) is 0 Å². The molecule has 1 heterocycles. The Morgan fingerprint density at radius 2 is 1.60 bits per heavy atom. The fourth-order valence-electron chi connectivity index (χ4n) is 4.67. The number of rotatable bonds is 9. The first kappa shape index (κ1) is 25.1. The van der Waals surface area contributed by atoms with Crippen LogP contribution in [0.2, 0.25) is 0 Å². The van der Waals surface area contributed by atoms with Gasteiger partial charge >= 0.3 is 0 Å². The highest BCUT2D eigenvalue weighted by Crippen LogP contribution is 2.32. The summed E-state index contributed by atoms with van der Waals surface area (Å²) >= 11 is 0. The highest BCUT2D eigenvalue weighted by Gasteiger charge is 2.34. The number of sulfonamides is 1. The standard InChI is InChI=1S/C28H34N2O4S/c1-4-22-10-13-24(14-11-22)30(35(31,32)27-8-6-5-7-9-27)25-16-18-29(19-17-25)21-23-12-15-26(33-2)20-28(23)34-3/h5-15,20,25H,4,16-19,21H2,1-3H3. The van der Waals surface area contributed by atoms with E-state index in [1.165, 1.54) is 5.56 Å². The van der Waals surface area contributed by atoms with Crippen molar-refractivity contribution >= 4 is 15.7 Å². The number of piperidine rings is 1. The summed E-state index contributed by atoms with van der Waals surface area (Å²) in [6, 6.07) is 22.4. The summed E-state index contributed by atoms with van der Waals surface area (Å²) in [5.41, 5.74) is 3.01. The molecule has 1 aliphatic heterocycles. The van der Waals surface area contributed by atoms with Gasteiger partial charge < -0.3 is 9.47 Å². The second kappa shape index (κ2) is 11.1.